The van der Waals surface area contributed by atoms with Gasteiger partial charge < -0.3 is 14.2 Å². The van der Waals surface area contributed by atoms with Gasteiger partial charge in [0, 0.05) is 25.2 Å². The molecule has 10 heteroatoms. The molecule has 0 unspecified atom stereocenters. The Hall–Kier alpha value is -1.35. The van der Waals surface area contributed by atoms with Crippen LogP contribution in [-0.4, -0.2) is 44.5 Å². The molecule has 1 saturated carbocycles. The molecule has 32 heavy (non-hydrogen) atoms. The quantitative estimate of drug-likeness (QED) is 0.0891. The smallest absolute Gasteiger partial charge is 0.313 e. The third-order valence-corrected chi connectivity index (χ3v) is 7.85. The monoisotopic (exact) mass is 505 g/mol. The molecular weight excluding hydrogens is 473 g/mol. The van der Waals surface area contributed by atoms with Crippen LogP contribution >= 0.6 is 23.2 Å². The van der Waals surface area contributed by atoms with Gasteiger partial charge in [-0.05, 0) is 51.8 Å². The zero-order valence-corrected chi connectivity index (χ0v) is 22.1. The summed E-state index contributed by atoms with van der Waals surface area (Å²) in [5.74, 6) is -0.977. The van der Waals surface area contributed by atoms with E-state index in [9.17, 15) is 14.9 Å². The molecule has 0 heterocycles. The van der Waals surface area contributed by atoms with Gasteiger partial charge in [-0.1, -0.05) is 42.8 Å². The number of hydrogen-bond donors (Lipinski definition) is 0. The van der Waals surface area contributed by atoms with Gasteiger partial charge in [0.1, 0.15) is 11.4 Å². The van der Waals surface area contributed by atoms with Crippen LogP contribution in [-0.2, 0) is 14.3 Å². The number of rotatable bonds is 11. The summed E-state index contributed by atoms with van der Waals surface area (Å²) in [6, 6.07) is 4.17. The van der Waals surface area contributed by atoms with Gasteiger partial charge in [-0.2, -0.15) is 0 Å². The minimum absolute atomic E-state index is 0.0277. The van der Waals surface area contributed by atoms with Gasteiger partial charge in [-0.3, -0.25) is 14.9 Å². The van der Waals surface area contributed by atoms with E-state index < -0.39 is 42.4 Å². The lowest BCUT2D eigenvalue weighted by molar-refractivity contribution is -0.485. The van der Waals surface area contributed by atoms with Crippen LogP contribution in [0.2, 0.25) is 35.7 Å². The van der Waals surface area contributed by atoms with Crippen molar-refractivity contribution in [3.8, 4) is 5.75 Å². The first-order valence-electron chi connectivity index (χ1n) is 10.7. The number of hydrogen-bond acceptors (Lipinski definition) is 6. The molecule has 1 aliphatic carbocycles. The summed E-state index contributed by atoms with van der Waals surface area (Å²) in [4.78, 5) is 24.2. The van der Waals surface area contributed by atoms with Crippen molar-refractivity contribution >= 4 is 37.2 Å². The van der Waals surface area contributed by atoms with E-state index in [4.69, 9.17) is 37.4 Å². The van der Waals surface area contributed by atoms with Crippen LogP contribution in [0.15, 0.2) is 12.1 Å². The molecule has 1 aromatic carbocycles. The lowest BCUT2D eigenvalue weighted by Gasteiger charge is -2.29. The number of esters is 1. The highest BCUT2D eigenvalue weighted by Crippen LogP contribution is 2.60. The summed E-state index contributed by atoms with van der Waals surface area (Å²) < 4.78 is 17.1. The van der Waals surface area contributed by atoms with Gasteiger partial charge in [-0.15, -0.1) is 0 Å². The third-order valence-electron chi connectivity index (χ3n) is 5.33. The fraction of sp³-hybridized carbons (Fsp3) is 0.682. The highest BCUT2D eigenvalue weighted by atomic mass is 35.5. The van der Waals surface area contributed by atoms with Crippen molar-refractivity contribution in [1.29, 1.82) is 0 Å². The predicted octanol–water partition coefficient (Wildman–Crippen LogP) is 6.17. The molecule has 0 radical (unpaired) electrons. The van der Waals surface area contributed by atoms with E-state index in [0.29, 0.717) is 30.8 Å². The van der Waals surface area contributed by atoms with Crippen LogP contribution in [0.5, 0.6) is 5.75 Å². The molecule has 1 atom stereocenters. The lowest BCUT2D eigenvalue weighted by Crippen LogP contribution is -2.35. The summed E-state index contributed by atoms with van der Waals surface area (Å²) in [6.07, 6.45) is 0.935. The Labute approximate surface area is 200 Å². The third kappa shape index (κ3) is 7.33. The van der Waals surface area contributed by atoms with Gasteiger partial charge in [-0.25, -0.2) is 0 Å². The minimum Gasteiger partial charge on any atom is -0.467 e. The van der Waals surface area contributed by atoms with Crippen molar-refractivity contribution < 1.29 is 23.9 Å². The fourth-order valence-corrected chi connectivity index (χ4v) is 4.65. The molecule has 0 aliphatic heterocycles. The molecule has 0 spiro atoms. The second-order valence-corrected chi connectivity index (χ2v) is 16.9. The van der Waals surface area contributed by atoms with E-state index in [1.165, 1.54) is 0 Å². The average molecular weight is 506 g/mol. The summed E-state index contributed by atoms with van der Waals surface area (Å²) in [7, 11) is -1.24. The number of benzene rings is 1. The molecule has 7 nitrogen and oxygen atoms in total. The first-order chi connectivity index (χ1) is 14.7. The van der Waals surface area contributed by atoms with E-state index in [2.05, 4.69) is 19.6 Å². The fourth-order valence-electron chi connectivity index (χ4n) is 3.44. The zero-order valence-electron chi connectivity index (χ0n) is 19.6. The number of carbonyl (C=O) groups is 1. The van der Waals surface area contributed by atoms with E-state index in [0.717, 1.165) is 6.04 Å². The number of halogens is 2. The summed E-state index contributed by atoms with van der Waals surface area (Å²) in [5.41, 5.74) is -1.40. The Morgan fingerprint density at radius 3 is 2.38 bits per heavy atom. The maximum Gasteiger partial charge on any atom is 0.313 e. The Morgan fingerprint density at radius 2 is 1.88 bits per heavy atom. The topological polar surface area (TPSA) is 87.9 Å². The first kappa shape index (κ1) is 26.9. The Bertz CT molecular complexity index is 846. The largest absolute Gasteiger partial charge is 0.467 e. The summed E-state index contributed by atoms with van der Waals surface area (Å²) in [5, 5.41) is 12.0. The van der Waals surface area contributed by atoms with Crippen molar-refractivity contribution in [3.05, 3.63) is 37.9 Å². The van der Waals surface area contributed by atoms with Crippen LogP contribution in [0, 0.1) is 15.5 Å². The molecule has 2 rings (SSSR count). The second-order valence-electron chi connectivity index (χ2n) is 10.5. The molecular formula is C22H33Cl2NO6Si. The molecule has 0 saturated heterocycles. The van der Waals surface area contributed by atoms with Gasteiger partial charge in [0.25, 0.3) is 0 Å². The van der Waals surface area contributed by atoms with Gasteiger partial charge >= 0.3 is 5.97 Å². The Kier molecular flexibility index (Phi) is 8.64. The molecule has 0 amide bonds. The van der Waals surface area contributed by atoms with Gasteiger partial charge in [0.15, 0.2) is 6.79 Å². The highest BCUT2D eigenvalue weighted by Gasteiger charge is 2.60. The molecule has 1 fully saturated rings. The summed E-state index contributed by atoms with van der Waals surface area (Å²) in [6.45, 7) is 12.1. The number of nitrogens with zero attached hydrogens (tertiary/aromatic N) is 1. The zero-order chi connectivity index (χ0) is 24.3. The van der Waals surface area contributed by atoms with Crippen molar-refractivity contribution in [2.45, 2.75) is 70.8 Å². The van der Waals surface area contributed by atoms with E-state index in [1.807, 2.05) is 0 Å². The highest BCUT2D eigenvalue weighted by molar-refractivity contribution is 6.76. The molecule has 180 valence electrons. The van der Waals surface area contributed by atoms with Crippen molar-refractivity contribution in [2.24, 2.45) is 5.41 Å². The number of nitro groups is 1. The SMILES string of the molecule is CC(C)(C)OC(=O)C1([C@@H](C[N+](=O)[O-])c2c(OCOCC[Si](C)(C)C)ccc(Cl)c2Cl)CC1. The first-order valence-corrected chi connectivity index (χ1v) is 15.2. The molecule has 0 N–H and O–H groups in total. The van der Waals surface area contributed by atoms with Crippen LogP contribution in [0.25, 0.3) is 0 Å². The average Bonchev–Trinajstić information content (AvgIpc) is 3.42. The van der Waals surface area contributed by atoms with Gasteiger partial charge in [0.2, 0.25) is 6.54 Å². The van der Waals surface area contributed by atoms with Gasteiger partial charge in [0.05, 0.1) is 21.4 Å². The van der Waals surface area contributed by atoms with E-state index >= 15 is 0 Å². The summed E-state index contributed by atoms with van der Waals surface area (Å²) >= 11 is 12.8. The Morgan fingerprint density at radius 1 is 1.25 bits per heavy atom. The second kappa shape index (κ2) is 10.3. The van der Waals surface area contributed by atoms with Crippen LogP contribution in [0.1, 0.15) is 45.1 Å². The van der Waals surface area contributed by atoms with Crippen molar-refractivity contribution in [1.82, 2.24) is 0 Å². The number of ether oxygens (including phenoxy) is 3. The van der Waals surface area contributed by atoms with Crippen LogP contribution in [0.3, 0.4) is 0 Å². The molecule has 0 aromatic heterocycles. The maximum atomic E-state index is 13.1. The Balaban J connectivity index is 2.34. The molecule has 0 bridgehead atoms. The molecule has 1 aromatic rings. The lowest BCUT2D eigenvalue weighted by atomic mass is 9.82. The van der Waals surface area contributed by atoms with Crippen LogP contribution < -0.4 is 4.74 Å². The molecule has 1 aliphatic rings. The number of carbonyl (C=O) groups excluding carboxylic acids is 1. The van der Waals surface area contributed by atoms with Crippen LogP contribution in [0.4, 0.5) is 0 Å². The van der Waals surface area contributed by atoms with Crippen molar-refractivity contribution in [3.63, 3.8) is 0 Å². The van der Waals surface area contributed by atoms with E-state index in [1.54, 1.807) is 32.9 Å². The maximum absolute atomic E-state index is 13.1. The van der Waals surface area contributed by atoms with Crippen molar-refractivity contribution in [2.75, 3.05) is 19.9 Å². The standard InChI is InChI=1S/C22H33Cl2NO6Si/c1-21(2,3)31-20(26)22(9-10-22)15(13-25(27)28)18-17(8-7-16(23)19(18)24)30-14-29-11-12-32(4,5)6/h7-8,15H,9-14H2,1-6H3/t15-/m0/s1. The normalized spacial score (nSPS) is 16.4. The minimum atomic E-state index is -1.24. The predicted molar refractivity (Wildman–Crippen MR) is 128 cm³/mol. The van der Waals surface area contributed by atoms with E-state index in [-0.39, 0.29) is 16.8 Å².